The van der Waals surface area contributed by atoms with Crippen molar-refractivity contribution in [3.8, 4) is 0 Å². The van der Waals surface area contributed by atoms with Crippen LogP contribution in [-0.4, -0.2) is 35.9 Å². The maximum Gasteiger partial charge on any atom is 0.275 e. The van der Waals surface area contributed by atoms with Gasteiger partial charge in [-0.15, -0.1) is 5.10 Å². The van der Waals surface area contributed by atoms with Crippen molar-refractivity contribution in [1.29, 1.82) is 0 Å². The molecule has 0 unspecified atom stereocenters. The van der Waals surface area contributed by atoms with Gasteiger partial charge in [0.2, 0.25) is 10.1 Å². The summed E-state index contributed by atoms with van der Waals surface area (Å²) in [5, 5.41) is 15.4. The van der Waals surface area contributed by atoms with E-state index in [1.54, 1.807) is 0 Å². The van der Waals surface area contributed by atoms with E-state index in [4.69, 9.17) is 12.2 Å². The van der Waals surface area contributed by atoms with Gasteiger partial charge in [-0.1, -0.05) is 18.3 Å². The molecule has 24 heavy (non-hydrogen) atoms. The Bertz CT molecular complexity index is 995. The van der Waals surface area contributed by atoms with Crippen LogP contribution in [0, 0.1) is 4.77 Å². The molecule has 3 aromatic rings. The van der Waals surface area contributed by atoms with E-state index in [2.05, 4.69) is 25.6 Å². The van der Waals surface area contributed by atoms with Crippen molar-refractivity contribution in [1.82, 2.24) is 29.4 Å². The van der Waals surface area contributed by atoms with Gasteiger partial charge < -0.3 is 9.88 Å². The van der Waals surface area contributed by atoms with Crippen molar-refractivity contribution in [2.24, 2.45) is 0 Å². The van der Waals surface area contributed by atoms with E-state index >= 15 is 0 Å². The number of fused-ring (bicyclic) bond motifs is 1. The lowest BCUT2D eigenvalue weighted by Crippen LogP contribution is -2.16. The highest BCUT2D eigenvalue weighted by atomic mass is 32.1. The summed E-state index contributed by atoms with van der Waals surface area (Å²) in [6.45, 7) is 3.34. The van der Waals surface area contributed by atoms with Crippen LogP contribution in [0.25, 0.3) is 4.96 Å². The summed E-state index contributed by atoms with van der Waals surface area (Å²) < 4.78 is 4.02. The minimum atomic E-state index is -0.144. The number of aromatic nitrogens is 6. The molecule has 0 radical (unpaired) electrons. The van der Waals surface area contributed by atoms with Gasteiger partial charge in [0.1, 0.15) is 5.82 Å². The second kappa shape index (κ2) is 6.10. The number of rotatable bonds is 6. The summed E-state index contributed by atoms with van der Waals surface area (Å²) in [5.41, 5.74) is 0.642. The molecule has 0 aromatic carbocycles. The van der Waals surface area contributed by atoms with Crippen molar-refractivity contribution in [2.75, 3.05) is 11.9 Å². The summed E-state index contributed by atoms with van der Waals surface area (Å²) in [6.07, 6.45) is 3.09. The molecule has 1 fully saturated rings. The van der Waals surface area contributed by atoms with Crippen LogP contribution in [0.1, 0.15) is 37.2 Å². The maximum atomic E-state index is 12.0. The fraction of sp³-hybridized carbons (Fsp3) is 0.500. The highest BCUT2D eigenvalue weighted by molar-refractivity contribution is 7.71. The van der Waals surface area contributed by atoms with E-state index in [-0.39, 0.29) is 5.56 Å². The predicted molar refractivity (Wildman–Crippen MR) is 94.4 cm³/mol. The Balaban J connectivity index is 1.49. The second-order valence-corrected chi connectivity index (χ2v) is 7.12. The van der Waals surface area contributed by atoms with Crippen LogP contribution >= 0.6 is 23.6 Å². The molecule has 3 aromatic heterocycles. The molecule has 10 heteroatoms. The van der Waals surface area contributed by atoms with Crippen LogP contribution in [0.5, 0.6) is 0 Å². The topological polar surface area (TPSA) is 92.9 Å². The normalized spacial score (nSPS) is 14.4. The fourth-order valence-corrected chi connectivity index (χ4v) is 3.66. The molecule has 1 aliphatic carbocycles. The Kier molecular flexibility index (Phi) is 3.93. The van der Waals surface area contributed by atoms with Crippen molar-refractivity contribution < 1.29 is 0 Å². The van der Waals surface area contributed by atoms with E-state index in [9.17, 15) is 4.79 Å². The number of hydrogen-bond acceptors (Lipinski definition) is 7. The third-order valence-electron chi connectivity index (χ3n) is 4.00. The lowest BCUT2D eigenvalue weighted by Gasteiger charge is -2.06. The Labute approximate surface area is 146 Å². The van der Waals surface area contributed by atoms with Gasteiger partial charge in [-0.2, -0.15) is 9.61 Å². The first-order valence-electron chi connectivity index (χ1n) is 7.94. The maximum absolute atomic E-state index is 12.0. The zero-order valence-electron chi connectivity index (χ0n) is 13.2. The molecule has 0 aliphatic heterocycles. The van der Waals surface area contributed by atoms with Gasteiger partial charge in [-0.3, -0.25) is 9.89 Å². The summed E-state index contributed by atoms with van der Waals surface area (Å²) in [6, 6.07) is 1.53. The van der Waals surface area contributed by atoms with E-state index in [1.807, 2.05) is 11.5 Å². The predicted octanol–water partition coefficient (Wildman–Crippen LogP) is 1.96. The lowest BCUT2D eigenvalue weighted by atomic mass is 10.3. The van der Waals surface area contributed by atoms with Crippen LogP contribution < -0.4 is 10.9 Å². The number of hydrogen-bond donors (Lipinski definition) is 2. The van der Waals surface area contributed by atoms with Gasteiger partial charge in [0.15, 0.2) is 4.77 Å². The van der Waals surface area contributed by atoms with Crippen LogP contribution in [0.4, 0.5) is 5.13 Å². The first-order valence-corrected chi connectivity index (χ1v) is 9.17. The number of aryl methyl sites for hydroxylation is 1. The minimum absolute atomic E-state index is 0.144. The van der Waals surface area contributed by atoms with E-state index < -0.39 is 0 Å². The Morgan fingerprint density at radius 1 is 1.50 bits per heavy atom. The quantitative estimate of drug-likeness (QED) is 0.650. The van der Waals surface area contributed by atoms with E-state index in [0.29, 0.717) is 33.9 Å². The van der Waals surface area contributed by atoms with Gasteiger partial charge >= 0.3 is 0 Å². The zero-order chi connectivity index (χ0) is 16.7. The van der Waals surface area contributed by atoms with Gasteiger partial charge in [-0.25, -0.2) is 4.98 Å². The molecular weight excluding hydrogens is 346 g/mol. The lowest BCUT2D eigenvalue weighted by molar-refractivity contribution is 0.668. The molecule has 1 saturated carbocycles. The molecule has 8 nitrogen and oxygen atoms in total. The molecule has 126 valence electrons. The van der Waals surface area contributed by atoms with E-state index in [1.165, 1.54) is 34.8 Å². The molecule has 1 aliphatic rings. The molecule has 4 rings (SSSR count). The van der Waals surface area contributed by atoms with Gasteiger partial charge in [0.05, 0.1) is 0 Å². The molecule has 0 spiro atoms. The molecule has 0 amide bonds. The van der Waals surface area contributed by atoms with Gasteiger partial charge in [0.25, 0.3) is 5.56 Å². The average Bonchev–Trinajstić information content (AvgIpc) is 3.22. The number of nitrogens with zero attached hydrogens (tertiary/aromatic N) is 5. The summed E-state index contributed by atoms with van der Waals surface area (Å²) in [4.78, 5) is 17.1. The molecular formula is C14H17N7OS2. The number of H-pyrrole nitrogens is 1. The molecule has 0 saturated heterocycles. The average molecular weight is 363 g/mol. The van der Waals surface area contributed by atoms with Gasteiger partial charge in [-0.05, 0) is 31.5 Å². The molecule has 2 N–H and O–H groups in total. The standard InChI is InChI=1S/C14H17N7OS2/c1-2-9-7-10(22)21-14(16-9)24-12(19-21)15-5-6-20-11(8-3-4-8)17-18-13(20)23/h7-8H,2-6H2,1H3,(H,15,19)(H,18,23). The Hall–Kier alpha value is -2.07. The fourth-order valence-electron chi connectivity index (χ4n) is 2.58. The van der Waals surface area contributed by atoms with Crippen LogP contribution in [0.3, 0.4) is 0 Å². The Morgan fingerprint density at radius 3 is 3.08 bits per heavy atom. The minimum Gasteiger partial charge on any atom is -0.358 e. The molecule has 0 atom stereocenters. The van der Waals surface area contributed by atoms with Crippen LogP contribution in [0.15, 0.2) is 10.9 Å². The van der Waals surface area contributed by atoms with Crippen molar-refractivity contribution >= 4 is 33.6 Å². The second-order valence-electron chi connectivity index (χ2n) is 5.78. The summed E-state index contributed by atoms with van der Waals surface area (Å²) >= 11 is 6.67. The van der Waals surface area contributed by atoms with E-state index in [0.717, 1.165) is 17.9 Å². The number of aromatic amines is 1. The monoisotopic (exact) mass is 363 g/mol. The van der Waals surface area contributed by atoms with Crippen LogP contribution in [-0.2, 0) is 13.0 Å². The first kappa shape index (κ1) is 15.5. The molecule has 0 bridgehead atoms. The third-order valence-corrected chi connectivity index (χ3v) is 5.18. The van der Waals surface area contributed by atoms with Crippen LogP contribution in [0.2, 0.25) is 0 Å². The van der Waals surface area contributed by atoms with Crippen molar-refractivity contribution in [3.05, 3.63) is 32.7 Å². The largest absolute Gasteiger partial charge is 0.358 e. The SMILES string of the molecule is CCc1cc(=O)n2nc(NCCn3c(C4CC4)n[nH]c3=S)sc2n1. The zero-order valence-corrected chi connectivity index (χ0v) is 14.8. The summed E-state index contributed by atoms with van der Waals surface area (Å²) in [7, 11) is 0. The highest BCUT2D eigenvalue weighted by Gasteiger charge is 2.28. The Morgan fingerprint density at radius 2 is 2.33 bits per heavy atom. The van der Waals surface area contributed by atoms with Crippen molar-refractivity contribution in [3.63, 3.8) is 0 Å². The summed E-state index contributed by atoms with van der Waals surface area (Å²) in [5.74, 6) is 1.58. The van der Waals surface area contributed by atoms with Gasteiger partial charge in [0, 0.05) is 30.8 Å². The number of nitrogens with one attached hydrogen (secondary N) is 2. The molecule has 3 heterocycles. The first-order chi connectivity index (χ1) is 11.7. The third kappa shape index (κ3) is 2.86. The number of anilines is 1. The highest BCUT2D eigenvalue weighted by Crippen LogP contribution is 2.38. The van der Waals surface area contributed by atoms with Crippen molar-refractivity contribution in [2.45, 2.75) is 38.6 Å². The smallest absolute Gasteiger partial charge is 0.275 e.